The molecular formula is C8H11N2O4+. The molecule has 0 radical (unpaired) electrons. The van der Waals surface area contributed by atoms with Gasteiger partial charge in [0, 0.05) is 0 Å². The summed E-state index contributed by atoms with van der Waals surface area (Å²) >= 11 is 0. The molecule has 0 aliphatic carbocycles. The number of rotatable bonds is 4. The molecule has 0 unspecified atom stereocenters. The van der Waals surface area contributed by atoms with Crippen LogP contribution < -0.4 is 0 Å². The monoisotopic (exact) mass is 199 g/mol. The highest BCUT2D eigenvalue weighted by Gasteiger charge is 2.12. The molecule has 0 saturated carbocycles. The Balaban J connectivity index is 2.77. The summed E-state index contributed by atoms with van der Waals surface area (Å²) in [5.41, 5.74) is 0. The lowest BCUT2D eigenvalue weighted by molar-refractivity contribution is -0.495. The lowest BCUT2D eigenvalue weighted by Gasteiger charge is -1.90. The predicted octanol–water partition coefficient (Wildman–Crippen LogP) is 0.241. The third-order valence-electron chi connectivity index (χ3n) is 1.59. The summed E-state index contributed by atoms with van der Waals surface area (Å²) in [5, 5.41) is 18.9. The fraction of sp³-hybridized carbons (Fsp3) is 0.375. The van der Waals surface area contributed by atoms with E-state index in [-0.39, 0.29) is 12.5 Å². The van der Waals surface area contributed by atoms with Gasteiger partial charge in [0.05, 0.1) is 6.07 Å². The SMILES string of the molecule is C[N+](=Cc1ccc([N+](=O)[O-])o1)CCO. The zero-order chi connectivity index (χ0) is 10.6. The van der Waals surface area contributed by atoms with Crippen LogP contribution in [0.4, 0.5) is 5.88 Å². The van der Waals surface area contributed by atoms with E-state index in [4.69, 9.17) is 9.52 Å². The third kappa shape index (κ3) is 2.67. The van der Waals surface area contributed by atoms with Gasteiger partial charge in [0.2, 0.25) is 6.21 Å². The first kappa shape index (κ1) is 10.4. The van der Waals surface area contributed by atoms with Gasteiger partial charge in [0.15, 0.2) is 12.3 Å². The second-order valence-corrected chi connectivity index (χ2v) is 2.77. The van der Waals surface area contributed by atoms with Gasteiger partial charge in [-0.1, -0.05) is 0 Å². The van der Waals surface area contributed by atoms with Crippen molar-refractivity contribution in [3.05, 3.63) is 28.0 Å². The van der Waals surface area contributed by atoms with E-state index in [2.05, 4.69) is 0 Å². The maximum Gasteiger partial charge on any atom is 0.433 e. The summed E-state index contributed by atoms with van der Waals surface area (Å²) in [4.78, 5) is 9.68. The molecule has 14 heavy (non-hydrogen) atoms. The molecule has 1 aromatic heterocycles. The fourth-order valence-electron chi connectivity index (χ4n) is 0.949. The second-order valence-electron chi connectivity index (χ2n) is 2.77. The first-order valence-electron chi connectivity index (χ1n) is 4.03. The van der Waals surface area contributed by atoms with E-state index >= 15 is 0 Å². The van der Waals surface area contributed by atoms with Gasteiger partial charge in [-0.15, -0.1) is 0 Å². The standard InChI is InChI=1S/C8H11N2O4/c1-9(4-5-11)6-7-2-3-8(14-7)10(12)13/h2-3,6,11H,4-5H2,1H3/q+1. The van der Waals surface area contributed by atoms with E-state index in [1.54, 1.807) is 17.8 Å². The molecular weight excluding hydrogens is 188 g/mol. The Morgan fingerprint density at radius 3 is 2.86 bits per heavy atom. The third-order valence-corrected chi connectivity index (χ3v) is 1.59. The Kier molecular flexibility index (Phi) is 3.35. The summed E-state index contributed by atoms with van der Waals surface area (Å²) in [6.07, 6.45) is 1.59. The number of hydrogen-bond acceptors (Lipinski definition) is 4. The minimum atomic E-state index is -0.594. The zero-order valence-corrected chi connectivity index (χ0v) is 7.71. The van der Waals surface area contributed by atoms with Crippen molar-refractivity contribution in [1.29, 1.82) is 0 Å². The van der Waals surface area contributed by atoms with Crippen LogP contribution in [0.2, 0.25) is 0 Å². The maximum absolute atomic E-state index is 10.3. The van der Waals surface area contributed by atoms with Crippen molar-refractivity contribution in [3.8, 4) is 0 Å². The van der Waals surface area contributed by atoms with Crippen molar-refractivity contribution in [3.63, 3.8) is 0 Å². The topological polar surface area (TPSA) is 79.5 Å². The summed E-state index contributed by atoms with van der Waals surface area (Å²) in [5.74, 6) is 0.112. The van der Waals surface area contributed by atoms with Crippen LogP contribution >= 0.6 is 0 Å². The Bertz CT molecular complexity index is 356. The summed E-state index contributed by atoms with van der Waals surface area (Å²) in [6, 6.07) is 2.80. The van der Waals surface area contributed by atoms with Crippen molar-refractivity contribution in [2.45, 2.75) is 0 Å². The van der Waals surface area contributed by atoms with Crippen molar-refractivity contribution in [1.82, 2.24) is 0 Å². The number of nitro groups is 1. The van der Waals surface area contributed by atoms with Crippen molar-refractivity contribution in [2.75, 3.05) is 20.2 Å². The molecule has 0 saturated heterocycles. The minimum Gasteiger partial charge on any atom is -0.395 e. The quantitative estimate of drug-likeness (QED) is 0.326. The highest BCUT2D eigenvalue weighted by Crippen LogP contribution is 2.13. The van der Waals surface area contributed by atoms with E-state index in [1.165, 1.54) is 12.1 Å². The zero-order valence-electron chi connectivity index (χ0n) is 7.71. The Hall–Kier alpha value is -1.69. The Morgan fingerprint density at radius 2 is 2.36 bits per heavy atom. The average Bonchev–Trinajstić information content (AvgIpc) is 2.53. The van der Waals surface area contributed by atoms with Crippen molar-refractivity contribution >= 4 is 12.1 Å². The molecule has 6 heteroatoms. The first-order valence-corrected chi connectivity index (χ1v) is 4.03. The van der Waals surface area contributed by atoms with Gasteiger partial charge >= 0.3 is 5.88 Å². The number of hydrogen-bond donors (Lipinski definition) is 1. The molecule has 1 rings (SSSR count). The number of furan rings is 1. The number of aliphatic hydroxyl groups is 1. The molecule has 0 aromatic carbocycles. The van der Waals surface area contributed by atoms with Gasteiger partial charge < -0.3 is 9.52 Å². The average molecular weight is 199 g/mol. The van der Waals surface area contributed by atoms with Gasteiger partial charge in [-0.2, -0.15) is 0 Å². The molecule has 0 spiro atoms. The van der Waals surface area contributed by atoms with Gasteiger partial charge in [0.1, 0.15) is 18.6 Å². The summed E-state index contributed by atoms with van der Waals surface area (Å²) < 4.78 is 6.57. The normalized spacial score (nSPS) is 11.7. The van der Waals surface area contributed by atoms with Crippen molar-refractivity contribution < 1.29 is 19.0 Å². The largest absolute Gasteiger partial charge is 0.433 e. The van der Waals surface area contributed by atoms with Crippen LogP contribution in [0.1, 0.15) is 5.76 Å². The van der Waals surface area contributed by atoms with Crippen molar-refractivity contribution in [2.24, 2.45) is 0 Å². The molecule has 0 bridgehead atoms. The van der Waals surface area contributed by atoms with Gasteiger partial charge in [-0.05, 0) is 6.07 Å². The van der Waals surface area contributed by atoms with Crippen LogP contribution in [0.15, 0.2) is 16.5 Å². The van der Waals surface area contributed by atoms with Gasteiger partial charge in [-0.3, -0.25) is 10.1 Å². The Morgan fingerprint density at radius 1 is 1.64 bits per heavy atom. The van der Waals surface area contributed by atoms with Crippen LogP contribution in [-0.2, 0) is 0 Å². The molecule has 6 nitrogen and oxygen atoms in total. The summed E-state index contributed by atoms with van der Waals surface area (Å²) in [7, 11) is 1.74. The maximum atomic E-state index is 10.3. The number of nitrogens with zero attached hydrogens (tertiary/aromatic N) is 2. The molecule has 76 valence electrons. The van der Waals surface area contributed by atoms with Crippen LogP contribution in [0, 0.1) is 10.1 Å². The van der Waals surface area contributed by atoms with E-state index in [0.717, 1.165) is 0 Å². The van der Waals surface area contributed by atoms with Crippen LogP contribution in [0.25, 0.3) is 0 Å². The highest BCUT2D eigenvalue weighted by molar-refractivity contribution is 5.71. The molecule has 0 amide bonds. The first-order chi connectivity index (χ1) is 6.63. The van der Waals surface area contributed by atoms with Crippen LogP contribution in [0.3, 0.4) is 0 Å². The number of aliphatic hydroxyl groups excluding tert-OH is 1. The predicted molar refractivity (Wildman–Crippen MR) is 48.7 cm³/mol. The molecule has 0 fully saturated rings. The molecule has 1 N–H and O–H groups in total. The van der Waals surface area contributed by atoms with Crippen LogP contribution in [-0.4, -0.2) is 41.0 Å². The minimum absolute atomic E-state index is 0.0236. The molecule has 0 aliphatic rings. The molecule has 1 heterocycles. The smallest absolute Gasteiger partial charge is 0.395 e. The van der Waals surface area contributed by atoms with Crippen LogP contribution in [0.5, 0.6) is 0 Å². The lowest BCUT2D eigenvalue weighted by Crippen LogP contribution is -2.12. The van der Waals surface area contributed by atoms with E-state index in [0.29, 0.717) is 12.3 Å². The molecule has 1 aromatic rings. The van der Waals surface area contributed by atoms with Gasteiger partial charge in [-0.25, -0.2) is 4.58 Å². The fourth-order valence-corrected chi connectivity index (χ4v) is 0.949. The second kappa shape index (κ2) is 4.52. The molecule has 0 atom stereocenters. The lowest BCUT2D eigenvalue weighted by atomic mass is 10.5. The van der Waals surface area contributed by atoms with E-state index in [1.807, 2.05) is 0 Å². The molecule has 0 aliphatic heterocycles. The Labute approximate surface area is 80.2 Å². The number of likely N-dealkylation sites (N-methyl/N-ethyl adjacent to an activating group) is 1. The van der Waals surface area contributed by atoms with E-state index < -0.39 is 4.92 Å². The van der Waals surface area contributed by atoms with E-state index in [9.17, 15) is 10.1 Å². The summed E-state index contributed by atoms with van der Waals surface area (Å²) in [6.45, 7) is 0.476. The van der Waals surface area contributed by atoms with Gasteiger partial charge in [0.25, 0.3) is 0 Å². The highest BCUT2D eigenvalue weighted by atomic mass is 16.6.